The molecule has 5 heteroatoms. The third kappa shape index (κ3) is 3.16. The van der Waals surface area contributed by atoms with Gasteiger partial charge >= 0.3 is 0 Å². The second-order valence-electron chi connectivity index (χ2n) is 4.10. The van der Waals surface area contributed by atoms with Gasteiger partial charge in [0.15, 0.2) is 0 Å². The molecule has 0 aliphatic rings. The molecule has 1 atom stereocenters. The van der Waals surface area contributed by atoms with Crippen molar-refractivity contribution in [2.45, 2.75) is 26.8 Å². The van der Waals surface area contributed by atoms with Crippen molar-refractivity contribution in [3.63, 3.8) is 0 Å². The first-order valence-corrected chi connectivity index (χ1v) is 5.79. The molecule has 2 aromatic rings. The normalized spacial score (nSPS) is 12.8. The lowest BCUT2D eigenvalue weighted by atomic mass is 10.2. The lowest BCUT2D eigenvalue weighted by Gasteiger charge is -2.03. The SMILES string of the molecule is Cc1cc(C)nc(N=NC(C)c2ccccn2)n1. The largest absolute Gasteiger partial charge is 0.268 e. The Morgan fingerprint density at radius 3 is 2.44 bits per heavy atom. The molecule has 0 aromatic carbocycles. The maximum absolute atomic E-state index is 4.23. The van der Waals surface area contributed by atoms with Crippen LogP contribution in [0.25, 0.3) is 0 Å². The van der Waals surface area contributed by atoms with Gasteiger partial charge in [-0.25, -0.2) is 9.97 Å². The van der Waals surface area contributed by atoms with Crippen molar-refractivity contribution < 1.29 is 0 Å². The van der Waals surface area contributed by atoms with Gasteiger partial charge in [0, 0.05) is 17.6 Å². The lowest BCUT2D eigenvalue weighted by molar-refractivity contribution is 0.727. The fourth-order valence-corrected chi connectivity index (χ4v) is 1.57. The van der Waals surface area contributed by atoms with Crippen LogP contribution in [-0.2, 0) is 0 Å². The molecule has 5 nitrogen and oxygen atoms in total. The summed E-state index contributed by atoms with van der Waals surface area (Å²) < 4.78 is 0. The Hall–Kier alpha value is -2.17. The number of azo groups is 1. The number of hydrogen-bond acceptors (Lipinski definition) is 5. The molecule has 0 radical (unpaired) electrons. The molecule has 0 aliphatic heterocycles. The van der Waals surface area contributed by atoms with E-state index in [0.29, 0.717) is 5.95 Å². The average molecular weight is 241 g/mol. The molecule has 0 bridgehead atoms. The first-order valence-electron chi connectivity index (χ1n) is 5.79. The molecule has 0 spiro atoms. The summed E-state index contributed by atoms with van der Waals surface area (Å²) in [7, 11) is 0. The molecular weight excluding hydrogens is 226 g/mol. The summed E-state index contributed by atoms with van der Waals surface area (Å²) in [6.45, 7) is 5.76. The van der Waals surface area contributed by atoms with Gasteiger partial charge in [0.2, 0.25) is 0 Å². The minimum Gasteiger partial charge on any atom is -0.259 e. The second-order valence-corrected chi connectivity index (χ2v) is 4.10. The molecule has 2 aromatic heterocycles. The number of pyridine rings is 1. The predicted octanol–water partition coefficient (Wildman–Crippen LogP) is 3.33. The first-order chi connectivity index (χ1) is 8.65. The molecule has 92 valence electrons. The number of aromatic nitrogens is 3. The van der Waals surface area contributed by atoms with Crippen molar-refractivity contribution in [2.75, 3.05) is 0 Å². The van der Waals surface area contributed by atoms with Gasteiger partial charge in [-0.2, -0.15) is 5.11 Å². The summed E-state index contributed by atoms with van der Waals surface area (Å²) in [5, 5.41) is 8.25. The third-order valence-corrected chi connectivity index (χ3v) is 2.41. The first kappa shape index (κ1) is 12.3. The van der Waals surface area contributed by atoms with Gasteiger partial charge in [-0.05, 0) is 39.0 Å². The minimum atomic E-state index is -0.101. The summed E-state index contributed by atoms with van der Waals surface area (Å²) in [5.41, 5.74) is 2.66. The maximum atomic E-state index is 4.23. The highest BCUT2D eigenvalue weighted by Gasteiger charge is 2.04. The topological polar surface area (TPSA) is 63.4 Å². The molecule has 18 heavy (non-hydrogen) atoms. The van der Waals surface area contributed by atoms with Crippen LogP contribution in [0.2, 0.25) is 0 Å². The Balaban J connectivity index is 2.15. The molecule has 0 amide bonds. The van der Waals surface area contributed by atoms with Gasteiger partial charge in [0.25, 0.3) is 5.95 Å². The van der Waals surface area contributed by atoms with Crippen LogP contribution < -0.4 is 0 Å². The van der Waals surface area contributed by atoms with Crippen LogP contribution in [0.15, 0.2) is 40.7 Å². The Labute approximate surface area is 106 Å². The van der Waals surface area contributed by atoms with E-state index in [-0.39, 0.29) is 6.04 Å². The van der Waals surface area contributed by atoms with E-state index in [9.17, 15) is 0 Å². The quantitative estimate of drug-likeness (QED) is 0.774. The fraction of sp³-hybridized carbons (Fsp3) is 0.308. The van der Waals surface area contributed by atoms with Gasteiger partial charge in [-0.15, -0.1) is 5.11 Å². The van der Waals surface area contributed by atoms with Gasteiger partial charge in [-0.1, -0.05) is 6.07 Å². The van der Waals surface area contributed by atoms with E-state index in [1.165, 1.54) is 0 Å². The van der Waals surface area contributed by atoms with Crippen LogP contribution in [-0.4, -0.2) is 15.0 Å². The maximum Gasteiger partial charge on any atom is 0.268 e. The Morgan fingerprint density at radius 2 is 1.83 bits per heavy atom. The van der Waals surface area contributed by atoms with Gasteiger partial charge in [0.05, 0.1) is 5.69 Å². The zero-order valence-electron chi connectivity index (χ0n) is 10.7. The highest BCUT2D eigenvalue weighted by molar-refractivity contribution is 5.20. The standard InChI is InChI=1S/C13H15N5/c1-9-8-10(2)16-13(15-9)18-17-11(3)12-6-4-5-7-14-12/h4-8,11H,1-3H3. The Morgan fingerprint density at radius 1 is 1.11 bits per heavy atom. The van der Waals surface area contributed by atoms with Crippen LogP contribution in [0.5, 0.6) is 0 Å². The van der Waals surface area contributed by atoms with Gasteiger partial charge in [-0.3, -0.25) is 4.98 Å². The van der Waals surface area contributed by atoms with Crippen LogP contribution in [0.4, 0.5) is 5.95 Å². The summed E-state index contributed by atoms with van der Waals surface area (Å²) >= 11 is 0. The lowest BCUT2D eigenvalue weighted by Crippen LogP contribution is -1.92. The fourth-order valence-electron chi connectivity index (χ4n) is 1.57. The van der Waals surface area contributed by atoms with E-state index in [4.69, 9.17) is 0 Å². The van der Waals surface area contributed by atoms with Crippen LogP contribution in [0.3, 0.4) is 0 Å². The van der Waals surface area contributed by atoms with Crippen molar-refractivity contribution in [1.29, 1.82) is 0 Å². The zero-order valence-corrected chi connectivity index (χ0v) is 10.7. The molecule has 0 saturated carbocycles. The van der Waals surface area contributed by atoms with E-state index in [1.54, 1.807) is 6.20 Å². The van der Waals surface area contributed by atoms with Crippen LogP contribution in [0.1, 0.15) is 30.0 Å². The molecule has 0 fully saturated rings. The van der Waals surface area contributed by atoms with Gasteiger partial charge < -0.3 is 0 Å². The summed E-state index contributed by atoms with van der Waals surface area (Å²) in [5.74, 6) is 0.398. The second kappa shape index (κ2) is 5.44. The van der Waals surface area contributed by atoms with Crippen molar-refractivity contribution in [1.82, 2.24) is 15.0 Å². The van der Waals surface area contributed by atoms with E-state index >= 15 is 0 Å². The van der Waals surface area contributed by atoms with Gasteiger partial charge in [0.1, 0.15) is 6.04 Å². The van der Waals surface area contributed by atoms with E-state index in [2.05, 4.69) is 25.2 Å². The Bertz CT molecular complexity index is 530. The summed E-state index contributed by atoms with van der Waals surface area (Å²) in [6.07, 6.45) is 1.74. The smallest absolute Gasteiger partial charge is 0.259 e. The number of hydrogen-bond donors (Lipinski definition) is 0. The number of rotatable bonds is 3. The number of aryl methyl sites for hydroxylation is 2. The Kier molecular flexibility index (Phi) is 3.72. The highest BCUT2D eigenvalue weighted by Crippen LogP contribution is 2.16. The molecular formula is C13H15N5. The van der Waals surface area contributed by atoms with Crippen LogP contribution >= 0.6 is 0 Å². The molecule has 0 aliphatic carbocycles. The zero-order chi connectivity index (χ0) is 13.0. The highest BCUT2D eigenvalue weighted by atomic mass is 15.2. The van der Waals surface area contributed by atoms with Crippen molar-refractivity contribution in [2.24, 2.45) is 10.2 Å². The monoisotopic (exact) mass is 241 g/mol. The summed E-state index contributed by atoms with van der Waals surface area (Å²) in [6, 6.07) is 7.53. The third-order valence-electron chi connectivity index (χ3n) is 2.41. The predicted molar refractivity (Wildman–Crippen MR) is 68.7 cm³/mol. The molecule has 2 heterocycles. The molecule has 0 saturated heterocycles. The molecule has 0 N–H and O–H groups in total. The van der Waals surface area contributed by atoms with Crippen molar-refractivity contribution in [3.8, 4) is 0 Å². The molecule has 1 unspecified atom stereocenters. The molecule has 2 rings (SSSR count). The van der Waals surface area contributed by atoms with Crippen LogP contribution in [0, 0.1) is 13.8 Å². The number of nitrogens with zero attached hydrogens (tertiary/aromatic N) is 5. The van der Waals surface area contributed by atoms with E-state index in [1.807, 2.05) is 45.0 Å². The average Bonchev–Trinajstić information content (AvgIpc) is 2.36. The van der Waals surface area contributed by atoms with Crippen molar-refractivity contribution in [3.05, 3.63) is 47.5 Å². The van der Waals surface area contributed by atoms with E-state index in [0.717, 1.165) is 17.1 Å². The van der Waals surface area contributed by atoms with E-state index < -0.39 is 0 Å². The summed E-state index contributed by atoms with van der Waals surface area (Å²) in [4.78, 5) is 12.6. The van der Waals surface area contributed by atoms with Crippen molar-refractivity contribution >= 4 is 5.95 Å². The minimum absolute atomic E-state index is 0.101.